The van der Waals surface area contributed by atoms with Gasteiger partial charge in [0.1, 0.15) is 23.7 Å². The number of hydrogen-bond acceptors (Lipinski definition) is 5. The third-order valence-electron chi connectivity index (χ3n) is 2.55. The summed E-state index contributed by atoms with van der Waals surface area (Å²) in [6.45, 7) is 0. The van der Waals surface area contributed by atoms with Crippen LogP contribution in [-0.2, 0) is 9.59 Å². The van der Waals surface area contributed by atoms with Crippen molar-refractivity contribution in [2.45, 2.75) is 6.42 Å². The fourth-order valence-electron chi connectivity index (χ4n) is 1.59. The lowest BCUT2D eigenvalue weighted by molar-refractivity contribution is -0.144. The van der Waals surface area contributed by atoms with Gasteiger partial charge >= 0.3 is 11.9 Å². The van der Waals surface area contributed by atoms with E-state index in [1.165, 1.54) is 0 Å². The summed E-state index contributed by atoms with van der Waals surface area (Å²) in [5.74, 6) is 0.0344. The highest BCUT2D eigenvalue weighted by molar-refractivity contribution is 5.93. The molecule has 2 aromatic carbocycles. The molecular weight excluding hydrogens is 272 g/mol. The average molecular weight is 286 g/mol. The molecule has 0 bridgehead atoms. The fourth-order valence-corrected chi connectivity index (χ4v) is 1.59. The van der Waals surface area contributed by atoms with E-state index in [0.717, 1.165) is 0 Å². The van der Waals surface area contributed by atoms with Crippen LogP contribution in [0.15, 0.2) is 54.6 Å². The monoisotopic (exact) mass is 286 g/mol. The van der Waals surface area contributed by atoms with Gasteiger partial charge in [-0.3, -0.25) is 9.59 Å². The summed E-state index contributed by atoms with van der Waals surface area (Å²) < 4.78 is 15.0. The second-order valence-electron chi connectivity index (χ2n) is 4.11. The Morgan fingerprint density at radius 2 is 1.24 bits per heavy atom. The summed E-state index contributed by atoms with van der Waals surface area (Å²) in [4.78, 5) is 23.2. The second-order valence-corrected chi connectivity index (χ2v) is 4.11. The number of carbonyl (C=O) groups is 2. The van der Waals surface area contributed by atoms with Crippen LogP contribution in [0.2, 0.25) is 0 Å². The molecule has 2 aromatic rings. The van der Waals surface area contributed by atoms with Gasteiger partial charge in [-0.05, 0) is 36.4 Å². The third-order valence-corrected chi connectivity index (χ3v) is 2.55. The Bertz CT molecular complexity index is 604. The maximum Gasteiger partial charge on any atom is 0.322 e. The normalized spacial score (nSPS) is 9.76. The Morgan fingerprint density at radius 1 is 0.762 bits per heavy atom. The van der Waals surface area contributed by atoms with Crippen LogP contribution in [-0.4, -0.2) is 19.0 Å². The summed E-state index contributed by atoms with van der Waals surface area (Å²) in [6.07, 6.45) is -0.457. The summed E-state index contributed by atoms with van der Waals surface area (Å²) in [5.41, 5.74) is 0. The molecule has 5 heteroatoms. The highest BCUT2D eigenvalue weighted by Gasteiger charge is 2.13. The van der Waals surface area contributed by atoms with E-state index in [9.17, 15) is 9.59 Å². The van der Waals surface area contributed by atoms with Crippen molar-refractivity contribution >= 4 is 11.9 Å². The Labute approximate surface area is 122 Å². The number of esters is 2. The lowest BCUT2D eigenvalue weighted by Crippen LogP contribution is -2.18. The van der Waals surface area contributed by atoms with Crippen molar-refractivity contribution in [1.82, 2.24) is 0 Å². The first-order valence-electron chi connectivity index (χ1n) is 6.28. The predicted octanol–water partition coefficient (Wildman–Crippen LogP) is 2.60. The molecule has 0 aliphatic heterocycles. The van der Waals surface area contributed by atoms with Crippen LogP contribution in [0.1, 0.15) is 6.42 Å². The van der Waals surface area contributed by atoms with Crippen LogP contribution in [0.25, 0.3) is 0 Å². The predicted molar refractivity (Wildman–Crippen MR) is 75.3 cm³/mol. The minimum absolute atomic E-state index is 0.341. The van der Waals surface area contributed by atoms with E-state index in [0.29, 0.717) is 17.2 Å². The summed E-state index contributed by atoms with van der Waals surface area (Å²) in [7, 11) is 1.54. The molecule has 0 amide bonds. The Kier molecular flexibility index (Phi) is 4.93. The summed E-state index contributed by atoms with van der Waals surface area (Å²) >= 11 is 0. The zero-order valence-corrected chi connectivity index (χ0v) is 11.4. The molecule has 0 aromatic heterocycles. The van der Waals surface area contributed by atoms with E-state index in [1.54, 1.807) is 61.7 Å². The van der Waals surface area contributed by atoms with Gasteiger partial charge in [0.2, 0.25) is 0 Å². The van der Waals surface area contributed by atoms with Gasteiger partial charge in [-0.25, -0.2) is 0 Å². The SMILES string of the molecule is COc1ccc(OC(=O)CC(=O)Oc2ccccc2)cc1. The van der Waals surface area contributed by atoms with E-state index in [1.807, 2.05) is 0 Å². The molecule has 0 saturated carbocycles. The van der Waals surface area contributed by atoms with Gasteiger partial charge in [-0.2, -0.15) is 0 Å². The molecule has 108 valence electrons. The molecule has 0 aliphatic rings. The highest BCUT2D eigenvalue weighted by Crippen LogP contribution is 2.17. The standard InChI is InChI=1S/C16H14O5/c1-19-12-7-9-14(10-8-12)21-16(18)11-15(17)20-13-5-3-2-4-6-13/h2-10H,11H2,1H3. The molecule has 2 rings (SSSR count). The molecule has 0 radical (unpaired) electrons. The molecule has 0 spiro atoms. The van der Waals surface area contributed by atoms with Gasteiger partial charge in [0.15, 0.2) is 0 Å². The van der Waals surface area contributed by atoms with E-state index in [-0.39, 0.29) is 0 Å². The van der Waals surface area contributed by atoms with Gasteiger partial charge in [-0.15, -0.1) is 0 Å². The largest absolute Gasteiger partial charge is 0.497 e. The molecule has 0 heterocycles. The first-order valence-corrected chi connectivity index (χ1v) is 6.28. The summed E-state index contributed by atoms with van der Waals surface area (Å²) in [5, 5.41) is 0. The topological polar surface area (TPSA) is 61.8 Å². The first kappa shape index (κ1) is 14.6. The van der Waals surface area contributed by atoms with Crippen LogP contribution in [0.4, 0.5) is 0 Å². The lowest BCUT2D eigenvalue weighted by atomic mass is 10.3. The number of benzene rings is 2. The van der Waals surface area contributed by atoms with Crippen LogP contribution in [0.3, 0.4) is 0 Å². The van der Waals surface area contributed by atoms with Crippen molar-refractivity contribution in [3.63, 3.8) is 0 Å². The minimum Gasteiger partial charge on any atom is -0.497 e. The van der Waals surface area contributed by atoms with Crippen molar-refractivity contribution < 1.29 is 23.8 Å². The number of rotatable bonds is 5. The molecule has 0 unspecified atom stereocenters. The summed E-state index contributed by atoms with van der Waals surface area (Å²) in [6, 6.07) is 15.0. The van der Waals surface area contributed by atoms with Gasteiger partial charge in [-0.1, -0.05) is 18.2 Å². The lowest BCUT2D eigenvalue weighted by Gasteiger charge is -2.06. The molecule has 5 nitrogen and oxygen atoms in total. The molecule has 0 N–H and O–H groups in total. The van der Waals surface area contributed by atoms with Gasteiger partial charge in [0, 0.05) is 0 Å². The highest BCUT2D eigenvalue weighted by atomic mass is 16.6. The van der Waals surface area contributed by atoms with Gasteiger partial charge in [0.05, 0.1) is 7.11 Å². The van der Waals surface area contributed by atoms with E-state index >= 15 is 0 Å². The Balaban J connectivity index is 1.84. The molecule has 0 saturated heterocycles. The van der Waals surface area contributed by atoms with E-state index < -0.39 is 18.4 Å². The fraction of sp³-hybridized carbons (Fsp3) is 0.125. The van der Waals surface area contributed by atoms with Gasteiger partial charge < -0.3 is 14.2 Å². The number of ether oxygens (including phenoxy) is 3. The van der Waals surface area contributed by atoms with E-state index in [4.69, 9.17) is 14.2 Å². The Hall–Kier alpha value is -2.82. The minimum atomic E-state index is -0.680. The van der Waals surface area contributed by atoms with Crippen molar-refractivity contribution in [2.24, 2.45) is 0 Å². The molecular formula is C16H14O5. The maximum absolute atomic E-state index is 11.6. The van der Waals surface area contributed by atoms with Crippen LogP contribution in [0, 0.1) is 0 Å². The zero-order valence-electron chi connectivity index (χ0n) is 11.4. The molecule has 0 fully saturated rings. The maximum atomic E-state index is 11.6. The molecule has 0 atom stereocenters. The molecule has 21 heavy (non-hydrogen) atoms. The van der Waals surface area contributed by atoms with Gasteiger partial charge in [0.25, 0.3) is 0 Å². The van der Waals surface area contributed by atoms with Crippen molar-refractivity contribution in [3.8, 4) is 17.2 Å². The first-order chi connectivity index (χ1) is 10.2. The van der Waals surface area contributed by atoms with Crippen LogP contribution in [0.5, 0.6) is 17.2 Å². The Morgan fingerprint density at radius 3 is 1.76 bits per heavy atom. The second kappa shape index (κ2) is 7.09. The van der Waals surface area contributed by atoms with Crippen molar-refractivity contribution in [2.75, 3.05) is 7.11 Å². The van der Waals surface area contributed by atoms with E-state index in [2.05, 4.69) is 0 Å². The van der Waals surface area contributed by atoms with Crippen molar-refractivity contribution in [1.29, 1.82) is 0 Å². The van der Waals surface area contributed by atoms with Crippen LogP contribution < -0.4 is 14.2 Å². The zero-order chi connectivity index (χ0) is 15.1. The number of methoxy groups -OCH3 is 1. The average Bonchev–Trinajstić information content (AvgIpc) is 2.48. The number of para-hydroxylation sites is 1. The number of carbonyl (C=O) groups excluding carboxylic acids is 2. The van der Waals surface area contributed by atoms with Crippen LogP contribution >= 0.6 is 0 Å². The number of hydrogen-bond donors (Lipinski definition) is 0. The third kappa shape index (κ3) is 4.65. The van der Waals surface area contributed by atoms with Crippen molar-refractivity contribution in [3.05, 3.63) is 54.6 Å². The molecule has 0 aliphatic carbocycles. The smallest absolute Gasteiger partial charge is 0.322 e. The quantitative estimate of drug-likeness (QED) is 0.480.